The molecule has 2 aromatic carbocycles. The van der Waals surface area contributed by atoms with Crippen LogP contribution in [0.2, 0.25) is 10.0 Å². The fraction of sp³-hybridized carbons (Fsp3) is 0.500. The summed E-state index contributed by atoms with van der Waals surface area (Å²) in [6.07, 6.45) is 3.67. The summed E-state index contributed by atoms with van der Waals surface area (Å²) in [5.41, 5.74) is 1.27. The number of amides is 1. The number of hydrogen-bond donors (Lipinski definition) is 0. The lowest BCUT2D eigenvalue weighted by molar-refractivity contribution is -0.125. The van der Waals surface area contributed by atoms with Crippen LogP contribution in [0.3, 0.4) is 0 Å². The third-order valence-electron chi connectivity index (χ3n) is 6.22. The first-order valence-corrected chi connectivity index (χ1v) is 13.0. The molecule has 4 rings (SSSR count). The van der Waals surface area contributed by atoms with E-state index in [1.807, 2.05) is 67.8 Å². The molecule has 0 unspecified atom stereocenters. The summed E-state index contributed by atoms with van der Waals surface area (Å²) in [4.78, 5) is 16.4. The summed E-state index contributed by atoms with van der Waals surface area (Å²) < 4.78 is 11.4. The van der Waals surface area contributed by atoms with Gasteiger partial charge in [0.05, 0.1) is 16.9 Å². The van der Waals surface area contributed by atoms with Crippen LogP contribution in [0.1, 0.15) is 52.0 Å². The van der Waals surface area contributed by atoms with E-state index < -0.39 is 5.41 Å². The molecule has 1 aliphatic heterocycles. The second-order valence-electron chi connectivity index (χ2n) is 9.83. The molecule has 178 valence electrons. The highest BCUT2D eigenvalue weighted by Gasteiger charge is 2.42. The van der Waals surface area contributed by atoms with Crippen LogP contribution in [-0.2, 0) is 14.3 Å². The Morgan fingerprint density at radius 2 is 1.76 bits per heavy atom. The van der Waals surface area contributed by atoms with Gasteiger partial charge in [-0.25, -0.2) is 0 Å². The molecule has 0 bridgehead atoms. The topological polar surface area (TPSA) is 38.8 Å². The van der Waals surface area contributed by atoms with Crippen molar-refractivity contribution in [3.05, 3.63) is 52.0 Å². The van der Waals surface area contributed by atoms with Gasteiger partial charge in [-0.05, 0) is 67.6 Å². The van der Waals surface area contributed by atoms with Gasteiger partial charge in [0.25, 0.3) is 0 Å². The van der Waals surface area contributed by atoms with Crippen molar-refractivity contribution in [1.29, 1.82) is 0 Å². The minimum absolute atomic E-state index is 0.0641. The number of anilines is 1. The normalized spacial score (nSPS) is 18.1. The molecule has 2 aliphatic rings. The number of carbonyl (C=O) groups is 1. The summed E-state index contributed by atoms with van der Waals surface area (Å²) in [6.45, 7) is 7.19. The number of benzene rings is 2. The van der Waals surface area contributed by atoms with Crippen molar-refractivity contribution in [3.8, 4) is 5.75 Å². The lowest BCUT2D eigenvalue weighted by Gasteiger charge is -2.38. The molecule has 0 atom stereocenters. The maximum absolute atomic E-state index is 13.4. The van der Waals surface area contributed by atoms with Gasteiger partial charge < -0.3 is 14.4 Å². The van der Waals surface area contributed by atoms with Gasteiger partial charge in [-0.15, -0.1) is 11.8 Å². The molecule has 1 aliphatic carbocycles. The van der Waals surface area contributed by atoms with Crippen molar-refractivity contribution in [2.24, 2.45) is 5.41 Å². The number of carbonyl (C=O) groups excluding carboxylic acids is 1. The van der Waals surface area contributed by atoms with Crippen molar-refractivity contribution >= 4 is 46.6 Å². The Labute approximate surface area is 210 Å². The average Bonchev–Trinajstić information content (AvgIpc) is 3.61. The SMILES string of the molecule is COc1cc(C2(Sc3ccc(Cl)cc3)CCOCC2)cc(Cl)c1N(C(=O)C(C)(C)C)C1CC1. The predicted octanol–water partition coefficient (Wildman–Crippen LogP) is 7.34. The maximum atomic E-state index is 13.4. The van der Waals surface area contributed by atoms with E-state index in [-0.39, 0.29) is 16.7 Å². The zero-order valence-electron chi connectivity index (χ0n) is 19.6. The Bertz CT molecular complexity index is 1010. The third-order valence-corrected chi connectivity index (χ3v) is 8.30. The van der Waals surface area contributed by atoms with E-state index in [1.54, 1.807) is 7.11 Å². The van der Waals surface area contributed by atoms with Gasteiger partial charge >= 0.3 is 0 Å². The molecule has 4 nitrogen and oxygen atoms in total. The molecule has 0 radical (unpaired) electrons. The van der Waals surface area contributed by atoms with Crippen molar-refractivity contribution in [3.63, 3.8) is 0 Å². The van der Waals surface area contributed by atoms with Gasteiger partial charge in [-0.3, -0.25) is 4.79 Å². The third kappa shape index (κ3) is 5.32. The highest BCUT2D eigenvalue weighted by Crippen LogP contribution is 2.52. The van der Waals surface area contributed by atoms with Crippen LogP contribution >= 0.6 is 35.0 Å². The first-order valence-electron chi connectivity index (χ1n) is 11.4. The smallest absolute Gasteiger partial charge is 0.232 e. The Morgan fingerprint density at radius 3 is 2.30 bits per heavy atom. The Kier molecular flexibility index (Phi) is 7.26. The second kappa shape index (κ2) is 9.69. The largest absolute Gasteiger partial charge is 0.495 e. The molecule has 2 fully saturated rings. The number of methoxy groups -OCH3 is 1. The van der Waals surface area contributed by atoms with Gasteiger partial charge in [-0.1, -0.05) is 44.0 Å². The minimum Gasteiger partial charge on any atom is -0.495 e. The summed E-state index contributed by atoms with van der Waals surface area (Å²) in [7, 11) is 1.65. The number of rotatable bonds is 6. The van der Waals surface area contributed by atoms with Crippen molar-refractivity contribution in [1.82, 2.24) is 0 Å². The highest BCUT2D eigenvalue weighted by molar-refractivity contribution is 8.00. The molecule has 1 heterocycles. The zero-order valence-corrected chi connectivity index (χ0v) is 21.9. The lowest BCUT2D eigenvalue weighted by atomic mass is 9.89. The number of ether oxygens (including phenoxy) is 2. The van der Waals surface area contributed by atoms with Gasteiger partial charge in [0.15, 0.2) is 0 Å². The Balaban J connectivity index is 1.78. The monoisotopic (exact) mass is 507 g/mol. The number of nitrogens with zero attached hydrogens (tertiary/aromatic N) is 1. The average molecular weight is 509 g/mol. The van der Waals surface area contributed by atoms with Crippen LogP contribution in [0, 0.1) is 5.41 Å². The second-order valence-corrected chi connectivity index (χ2v) is 12.1. The maximum Gasteiger partial charge on any atom is 0.232 e. The standard InChI is InChI=1S/C26H31Cl2NO3S/c1-25(2,3)24(30)29(19-7-8-19)23-21(28)15-17(16-22(23)31-4)26(11-13-32-14-12-26)33-20-9-5-18(27)6-10-20/h5-6,9-10,15-16,19H,7-8,11-14H2,1-4H3. The van der Waals surface area contributed by atoms with E-state index in [4.69, 9.17) is 32.7 Å². The molecule has 1 saturated heterocycles. The number of halogens is 2. The molecule has 0 aromatic heterocycles. The van der Waals surface area contributed by atoms with E-state index in [0.29, 0.717) is 29.7 Å². The molecule has 33 heavy (non-hydrogen) atoms. The summed E-state index contributed by atoms with van der Waals surface area (Å²) >= 11 is 14.9. The van der Waals surface area contributed by atoms with Gasteiger partial charge in [0, 0.05) is 34.6 Å². The van der Waals surface area contributed by atoms with Gasteiger partial charge in [0.2, 0.25) is 5.91 Å². The van der Waals surface area contributed by atoms with E-state index in [9.17, 15) is 4.79 Å². The van der Waals surface area contributed by atoms with Crippen LogP contribution < -0.4 is 9.64 Å². The molecule has 1 amide bonds. The molecule has 7 heteroatoms. The van der Waals surface area contributed by atoms with E-state index >= 15 is 0 Å². The van der Waals surface area contributed by atoms with Crippen LogP contribution in [0.15, 0.2) is 41.3 Å². The first kappa shape index (κ1) is 24.7. The molecule has 1 saturated carbocycles. The van der Waals surface area contributed by atoms with Crippen LogP contribution in [0.4, 0.5) is 5.69 Å². The summed E-state index contributed by atoms with van der Waals surface area (Å²) in [5, 5.41) is 1.27. The van der Waals surface area contributed by atoms with E-state index in [0.717, 1.165) is 41.2 Å². The number of hydrogen-bond acceptors (Lipinski definition) is 4. The van der Waals surface area contributed by atoms with Gasteiger partial charge in [0.1, 0.15) is 11.4 Å². The zero-order chi connectivity index (χ0) is 23.8. The van der Waals surface area contributed by atoms with E-state index in [1.165, 1.54) is 0 Å². The molecular weight excluding hydrogens is 477 g/mol. The summed E-state index contributed by atoms with van der Waals surface area (Å²) in [6, 6.07) is 12.2. The molecular formula is C26H31Cl2NO3S. The first-order chi connectivity index (χ1) is 15.6. The summed E-state index contributed by atoms with van der Waals surface area (Å²) in [5.74, 6) is 0.707. The van der Waals surface area contributed by atoms with Gasteiger partial charge in [-0.2, -0.15) is 0 Å². The van der Waals surface area contributed by atoms with Crippen molar-refractivity contribution in [2.45, 2.75) is 62.1 Å². The van der Waals surface area contributed by atoms with Crippen LogP contribution in [0.5, 0.6) is 5.75 Å². The molecule has 0 spiro atoms. The highest BCUT2D eigenvalue weighted by atomic mass is 35.5. The van der Waals surface area contributed by atoms with Crippen molar-refractivity contribution < 1.29 is 14.3 Å². The fourth-order valence-corrected chi connectivity index (χ4v) is 6.01. The van der Waals surface area contributed by atoms with E-state index in [2.05, 4.69) is 6.07 Å². The predicted molar refractivity (Wildman–Crippen MR) is 137 cm³/mol. The fourth-order valence-electron chi connectivity index (χ4n) is 4.25. The Morgan fingerprint density at radius 1 is 1.12 bits per heavy atom. The minimum atomic E-state index is -0.512. The van der Waals surface area contributed by atoms with Crippen LogP contribution in [-0.4, -0.2) is 32.3 Å². The molecule has 2 aromatic rings. The van der Waals surface area contributed by atoms with Crippen molar-refractivity contribution in [2.75, 3.05) is 25.2 Å². The molecule has 0 N–H and O–H groups in total. The van der Waals surface area contributed by atoms with Crippen LogP contribution in [0.25, 0.3) is 0 Å². The number of thioether (sulfide) groups is 1. The quantitative estimate of drug-likeness (QED) is 0.409. The lowest BCUT2D eigenvalue weighted by Crippen LogP contribution is -2.41. The Hall–Kier alpha value is -1.40.